The van der Waals surface area contributed by atoms with Crippen LogP contribution in [0.1, 0.15) is 70.9 Å². The average Bonchev–Trinajstić information content (AvgIpc) is 2.76. The van der Waals surface area contributed by atoms with E-state index >= 15 is 0 Å². The number of rotatable bonds is 11. The minimum Gasteiger partial charge on any atom is -0.391 e. The number of carbonyl (C=O) groups excluding carboxylic acids is 2. The van der Waals surface area contributed by atoms with Gasteiger partial charge in [-0.2, -0.15) is 0 Å². The van der Waals surface area contributed by atoms with E-state index < -0.39 is 18.2 Å². The Bertz CT molecular complexity index is 649. The van der Waals surface area contributed by atoms with Gasteiger partial charge in [0.1, 0.15) is 6.04 Å². The Labute approximate surface area is 180 Å². The van der Waals surface area contributed by atoms with Crippen molar-refractivity contribution < 1.29 is 14.7 Å². The second-order valence-electron chi connectivity index (χ2n) is 8.64. The smallest absolute Gasteiger partial charge is 0.243 e. The number of aliphatic hydroxyl groups excluding tert-OH is 1. The highest BCUT2D eigenvalue weighted by Gasteiger charge is 2.28. The molecule has 5 N–H and O–H groups in total. The number of nitrogens with zero attached hydrogens (tertiary/aromatic N) is 1. The largest absolute Gasteiger partial charge is 0.391 e. The first kappa shape index (κ1) is 24.3. The van der Waals surface area contributed by atoms with Gasteiger partial charge in [-0.25, -0.2) is 0 Å². The lowest BCUT2D eigenvalue weighted by Crippen LogP contribution is -2.51. The minimum absolute atomic E-state index is 0.0364. The van der Waals surface area contributed by atoms with Crippen LogP contribution in [0.15, 0.2) is 24.4 Å². The Morgan fingerprint density at radius 2 is 2.00 bits per heavy atom. The number of hydrogen-bond donors (Lipinski definition) is 4. The molecule has 0 bridgehead atoms. The number of aliphatic hydroxyl groups is 1. The fourth-order valence-electron chi connectivity index (χ4n) is 4.03. The zero-order chi connectivity index (χ0) is 21.9. The second-order valence-corrected chi connectivity index (χ2v) is 8.64. The number of aromatic nitrogens is 1. The molecule has 2 amide bonds. The summed E-state index contributed by atoms with van der Waals surface area (Å²) in [5.74, 6) is -0.0911. The number of hydrogen-bond acceptors (Lipinski definition) is 5. The molecule has 7 heteroatoms. The van der Waals surface area contributed by atoms with Crippen LogP contribution in [0.5, 0.6) is 0 Å². The summed E-state index contributed by atoms with van der Waals surface area (Å²) in [6.45, 7) is 4.21. The second kappa shape index (κ2) is 12.6. The molecular weight excluding hydrogens is 380 g/mol. The summed E-state index contributed by atoms with van der Waals surface area (Å²) < 4.78 is 0. The summed E-state index contributed by atoms with van der Waals surface area (Å²) in [7, 11) is 0. The molecule has 0 aliphatic heterocycles. The first-order valence-corrected chi connectivity index (χ1v) is 11.3. The molecule has 0 saturated heterocycles. The van der Waals surface area contributed by atoms with Gasteiger partial charge in [-0.1, -0.05) is 58.4 Å². The van der Waals surface area contributed by atoms with E-state index in [1.165, 1.54) is 19.3 Å². The summed E-state index contributed by atoms with van der Waals surface area (Å²) >= 11 is 0. The van der Waals surface area contributed by atoms with E-state index in [4.69, 9.17) is 5.73 Å². The predicted molar refractivity (Wildman–Crippen MR) is 117 cm³/mol. The number of pyridine rings is 1. The van der Waals surface area contributed by atoms with Gasteiger partial charge in [0.25, 0.3) is 0 Å². The molecule has 168 valence electrons. The fourth-order valence-corrected chi connectivity index (χ4v) is 4.03. The van der Waals surface area contributed by atoms with E-state index in [9.17, 15) is 14.7 Å². The normalized spacial score (nSPS) is 18.8. The average molecular weight is 419 g/mol. The van der Waals surface area contributed by atoms with Crippen LogP contribution in [-0.4, -0.2) is 40.1 Å². The standard InChI is InChI=1S/C23H38N4O3/c1-3-16(2)22(23(30)26-15-18-11-7-8-12-25-18)27-21(29)14-20(28)19(24)13-17-9-5-4-6-10-17/h7-8,11-12,16-17,19-20,22,28H,3-6,9-10,13-15,24H2,1-2H3,(H,26,30)(H,27,29)/t16-,19-,20?,22-/m0/s1. The highest BCUT2D eigenvalue weighted by molar-refractivity contribution is 5.88. The number of nitrogens with two attached hydrogens (primary N) is 1. The van der Waals surface area contributed by atoms with Gasteiger partial charge in [-0.3, -0.25) is 14.6 Å². The van der Waals surface area contributed by atoms with Crippen molar-refractivity contribution >= 4 is 11.8 Å². The quantitative estimate of drug-likeness (QED) is 0.440. The summed E-state index contributed by atoms with van der Waals surface area (Å²) in [6, 6.07) is 4.44. The molecule has 0 radical (unpaired) electrons. The van der Waals surface area contributed by atoms with Gasteiger partial charge in [-0.05, 0) is 30.4 Å². The van der Waals surface area contributed by atoms with Gasteiger partial charge >= 0.3 is 0 Å². The molecule has 1 aromatic heterocycles. The number of amides is 2. The first-order chi connectivity index (χ1) is 14.4. The van der Waals surface area contributed by atoms with Crippen LogP contribution in [0.25, 0.3) is 0 Å². The van der Waals surface area contributed by atoms with Gasteiger partial charge in [0.2, 0.25) is 11.8 Å². The lowest BCUT2D eigenvalue weighted by Gasteiger charge is -2.28. The molecule has 4 atom stereocenters. The van der Waals surface area contributed by atoms with Crippen LogP contribution < -0.4 is 16.4 Å². The molecule has 1 aliphatic rings. The third-order valence-electron chi connectivity index (χ3n) is 6.20. The molecule has 1 heterocycles. The third-order valence-corrected chi connectivity index (χ3v) is 6.20. The van der Waals surface area contributed by atoms with Gasteiger partial charge in [0.15, 0.2) is 0 Å². The van der Waals surface area contributed by atoms with Crippen LogP contribution in [0.3, 0.4) is 0 Å². The Kier molecular flexibility index (Phi) is 10.2. The molecule has 1 saturated carbocycles. The van der Waals surface area contributed by atoms with Gasteiger partial charge in [-0.15, -0.1) is 0 Å². The molecule has 30 heavy (non-hydrogen) atoms. The number of carbonyl (C=O) groups is 2. The maximum atomic E-state index is 12.7. The summed E-state index contributed by atoms with van der Waals surface area (Å²) in [4.78, 5) is 29.4. The van der Waals surface area contributed by atoms with Crippen LogP contribution in [0.2, 0.25) is 0 Å². The van der Waals surface area contributed by atoms with Crippen molar-refractivity contribution in [1.82, 2.24) is 15.6 Å². The molecule has 0 spiro atoms. The van der Waals surface area contributed by atoms with Crippen LogP contribution >= 0.6 is 0 Å². The lowest BCUT2D eigenvalue weighted by molar-refractivity contribution is -0.131. The Morgan fingerprint density at radius 1 is 1.27 bits per heavy atom. The van der Waals surface area contributed by atoms with Crippen molar-refractivity contribution in [1.29, 1.82) is 0 Å². The van der Waals surface area contributed by atoms with Crippen molar-refractivity contribution in [3.05, 3.63) is 30.1 Å². The van der Waals surface area contributed by atoms with E-state index in [0.29, 0.717) is 12.5 Å². The molecule has 0 aromatic carbocycles. The molecule has 1 fully saturated rings. The topological polar surface area (TPSA) is 117 Å². The Morgan fingerprint density at radius 3 is 2.63 bits per heavy atom. The van der Waals surface area contributed by atoms with Crippen molar-refractivity contribution in [2.45, 2.75) is 89.9 Å². The Hall–Kier alpha value is -1.99. The summed E-state index contributed by atoms with van der Waals surface area (Å²) in [5, 5.41) is 16.1. The molecule has 1 unspecified atom stereocenters. The maximum absolute atomic E-state index is 12.7. The molecular formula is C23H38N4O3. The third kappa shape index (κ3) is 8.03. The van der Waals surface area contributed by atoms with E-state index in [1.807, 2.05) is 32.0 Å². The molecule has 7 nitrogen and oxygen atoms in total. The summed E-state index contributed by atoms with van der Waals surface area (Å²) in [5.41, 5.74) is 6.92. The maximum Gasteiger partial charge on any atom is 0.243 e. The van der Waals surface area contributed by atoms with E-state index in [-0.39, 0.29) is 24.2 Å². The van der Waals surface area contributed by atoms with E-state index in [2.05, 4.69) is 15.6 Å². The highest BCUT2D eigenvalue weighted by atomic mass is 16.3. The fraction of sp³-hybridized carbons (Fsp3) is 0.696. The SMILES string of the molecule is CC[C@H](C)[C@H](NC(=O)CC(O)[C@@H](N)CC1CCCCC1)C(=O)NCc1ccccn1. The Balaban J connectivity index is 1.84. The molecule has 1 aromatic rings. The minimum atomic E-state index is -0.902. The van der Waals surface area contributed by atoms with Crippen LogP contribution in [0.4, 0.5) is 0 Å². The lowest BCUT2D eigenvalue weighted by atomic mass is 9.83. The van der Waals surface area contributed by atoms with E-state index in [0.717, 1.165) is 31.4 Å². The number of nitrogens with one attached hydrogen (secondary N) is 2. The van der Waals surface area contributed by atoms with Crippen molar-refractivity contribution in [2.24, 2.45) is 17.6 Å². The molecule has 2 rings (SSSR count). The van der Waals surface area contributed by atoms with Crippen molar-refractivity contribution in [3.63, 3.8) is 0 Å². The van der Waals surface area contributed by atoms with Crippen molar-refractivity contribution in [2.75, 3.05) is 0 Å². The van der Waals surface area contributed by atoms with Crippen LogP contribution in [-0.2, 0) is 16.1 Å². The zero-order valence-electron chi connectivity index (χ0n) is 18.3. The van der Waals surface area contributed by atoms with E-state index in [1.54, 1.807) is 6.20 Å². The predicted octanol–water partition coefficient (Wildman–Crippen LogP) is 2.28. The molecule has 1 aliphatic carbocycles. The highest BCUT2D eigenvalue weighted by Crippen LogP contribution is 2.27. The zero-order valence-corrected chi connectivity index (χ0v) is 18.3. The first-order valence-electron chi connectivity index (χ1n) is 11.3. The van der Waals surface area contributed by atoms with Crippen molar-refractivity contribution in [3.8, 4) is 0 Å². The van der Waals surface area contributed by atoms with Gasteiger partial charge in [0, 0.05) is 12.2 Å². The summed E-state index contributed by atoms with van der Waals surface area (Å²) in [6.07, 6.45) is 8.19. The van der Waals surface area contributed by atoms with Gasteiger partial charge in [0.05, 0.1) is 24.8 Å². The monoisotopic (exact) mass is 418 g/mol. The van der Waals surface area contributed by atoms with Crippen LogP contribution in [0, 0.1) is 11.8 Å². The van der Waals surface area contributed by atoms with Gasteiger partial charge < -0.3 is 21.5 Å².